The van der Waals surface area contributed by atoms with Gasteiger partial charge in [0.05, 0.1) is 6.42 Å². The summed E-state index contributed by atoms with van der Waals surface area (Å²) in [5, 5.41) is 10.5. The van der Waals surface area contributed by atoms with Crippen LogP contribution in [-0.4, -0.2) is 15.6 Å². The number of carbonyl (C=O) groups is 1. The van der Waals surface area contributed by atoms with E-state index in [4.69, 9.17) is 16.7 Å². The highest BCUT2D eigenvalue weighted by Gasteiger charge is 2.10. The fraction of sp³-hybridized carbons (Fsp3) is 0.250. The summed E-state index contributed by atoms with van der Waals surface area (Å²) >= 11 is 5.90. The molecule has 1 aromatic carbocycles. The second-order valence-corrected chi connectivity index (χ2v) is 4.09. The first-order valence-electron chi connectivity index (χ1n) is 5.11. The van der Waals surface area contributed by atoms with Crippen LogP contribution in [0.1, 0.15) is 12.6 Å². The lowest BCUT2D eigenvalue weighted by Crippen LogP contribution is -2.06. The van der Waals surface area contributed by atoms with Crippen LogP contribution in [0, 0.1) is 0 Å². The van der Waals surface area contributed by atoms with Gasteiger partial charge < -0.3 is 9.67 Å². The van der Waals surface area contributed by atoms with Crippen LogP contribution in [0.4, 0.5) is 0 Å². The number of aliphatic carboxylic acids is 1. The molecule has 0 fully saturated rings. The predicted molar refractivity (Wildman–Crippen MR) is 64.0 cm³/mol. The second kappa shape index (κ2) is 4.18. The molecule has 1 heterocycles. The second-order valence-electron chi connectivity index (χ2n) is 3.65. The van der Waals surface area contributed by atoms with E-state index in [1.807, 2.05) is 35.8 Å². The zero-order valence-electron chi connectivity index (χ0n) is 8.90. The van der Waals surface area contributed by atoms with E-state index >= 15 is 0 Å². The van der Waals surface area contributed by atoms with Gasteiger partial charge in [-0.3, -0.25) is 4.79 Å². The Morgan fingerprint density at radius 2 is 2.19 bits per heavy atom. The smallest absolute Gasteiger partial charge is 0.309 e. The first kappa shape index (κ1) is 11.0. The third-order valence-corrected chi connectivity index (χ3v) is 2.83. The molecule has 16 heavy (non-hydrogen) atoms. The highest BCUT2D eigenvalue weighted by atomic mass is 35.5. The Hall–Kier alpha value is -1.48. The van der Waals surface area contributed by atoms with Crippen molar-refractivity contribution in [3.8, 4) is 0 Å². The molecule has 84 valence electrons. The molecule has 0 saturated heterocycles. The van der Waals surface area contributed by atoms with Crippen LogP contribution in [-0.2, 0) is 17.8 Å². The largest absolute Gasteiger partial charge is 0.481 e. The van der Waals surface area contributed by atoms with Gasteiger partial charge in [0.2, 0.25) is 0 Å². The molecule has 1 aromatic heterocycles. The van der Waals surface area contributed by atoms with Gasteiger partial charge in [0.25, 0.3) is 0 Å². The van der Waals surface area contributed by atoms with Gasteiger partial charge in [0.15, 0.2) is 0 Å². The van der Waals surface area contributed by atoms with Crippen LogP contribution >= 0.6 is 11.6 Å². The van der Waals surface area contributed by atoms with Gasteiger partial charge in [-0.25, -0.2) is 0 Å². The van der Waals surface area contributed by atoms with E-state index in [0.717, 1.165) is 23.1 Å². The van der Waals surface area contributed by atoms with Crippen LogP contribution in [0.5, 0.6) is 0 Å². The molecule has 0 radical (unpaired) electrons. The molecule has 0 amide bonds. The lowest BCUT2D eigenvalue weighted by atomic mass is 10.2. The summed E-state index contributed by atoms with van der Waals surface area (Å²) in [4.78, 5) is 10.7. The van der Waals surface area contributed by atoms with E-state index in [-0.39, 0.29) is 6.42 Å². The highest BCUT2D eigenvalue weighted by molar-refractivity contribution is 6.31. The van der Waals surface area contributed by atoms with Gasteiger partial charge in [-0.1, -0.05) is 11.6 Å². The minimum Gasteiger partial charge on any atom is -0.481 e. The minimum absolute atomic E-state index is 0.0418. The molecule has 0 aliphatic carbocycles. The predicted octanol–water partition coefficient (Wildman–Crippen LogP) is 2.94. The van der Waals surface area contributed by atoms with E-state index in [1.54, 1.807) is 0 Å². The summed E-state index contributed by atoms with van der Waals surface area (Å²) < 4.78 is 2.00. The summed E-state index contributed by atoms with van der Waals surface area (Å²) in [5.74, 6) is -0.816. The van der Waals surface area contributed by atoms with Crippen molar-refractivity contribution in [1.29, 1.82) is 0 Å². The number of benzene rings is 1. The lowest BCUT2D eigenvalue weighted by Gasteiger charge is -2.05. The van der Waals surface area contributed by atoms with Gasteiger partial charge in [0, 0.05) is 28.2 Å². The number of rotatable bonds is 3. The van der Waals surface area contributed by atoms with Gasteiger partial charge in [0.1, 0.15) is 0 Å². The third kappa shape index (κ3) is 1.91. The minimum atomic E-state index is -0.816. The Bertz CT molecular complexity index is 545. The Morgan fingerprint density at radius 1 is 1.44 bits per heavy atom. The molecule has 0 aliphatic rings. The number of aromatic nitrogens is 1. The summed E-state index contributed by atoms with van der Waals surface area (Å²) in [6.07, 6.45) is 0.0418. The third-order valence-electron chi connectivity index (χ3n) is 2.60. The fourth-order valence-corrected chi connectivity index (χ4v) is 2.15. The number of halogens is 1. The van der Waals surface area contributed by atoms with Gasteiger partial charge >= 0.3 is 5.97 Å². The highest BCUT2D eigenvalue weighted by Crippen LogP contribution is 2.23. The molecule has 2 aromatic rings. The van der Waals surface area contributed by atoms with Crippen molar-refractivity contribution in [2.75, 3.05) is 0 Å². The van der Waals surface area contributed by atoms with Gasteiger partial charge in [-0.2, -0.15) is 0 Å². The molecule has 1 N–H and O–H groups in total. The molecule has 3 nitrogen and oxygen atoms in total. The van der Waals surface area contributed by atoms with Gasteiger partial charge in [-0.15, -0.1) is 0 Å². The van der Waals surface area contributed by atoms with E-state index in [9.17, 15) is 4.79 Å². The van der Waals surface area contributed by atoms with Crippen molar-refractivity contribution in [3.05, 3.63) is 35.0 Å². The molecule has 4 heteroatoms. The monoisotopic (exact) mass is 237 g/mol. The maximum atomic E-state index is 10.7. The van der Waals surface area contributed by atoms with Crippen LogP contribution in [0.25, 0.3) is 10.9 Å². The Labute approximate surface area is 98.3 Å². The number of carboxylic acids is 1. The van der Waals surface area contributed by atoms with Crippen LogP contribution < -0.4 is 0 Å². The molecule has 0 spiro atoms. The summed E-state index contributed by atoms with van der Waals surface area (Å²) in [6.45, 7) is 2.76. The van der Waals surface area contributed by atoms with E-state index in [0.29, 0.717) is 5.02 Å². The summed E-state index contributed by atoms with van der Waals surface area (Å²) in [6, 6.07) is 7.49. The fourth-order valence-electron chi connectivity index (χ4n) is 1.97. The SMILES string of the molecule is CCn1c(CC(=O)O)cc2cc(Cl)ccc21. The van der Waals surface area contributed by atoms with Gasteiger partial charge in [-0.05, 0) is 31.2 Å². The van der Waals surface area contributed by atoms with E-state index in [2.05, 4.69) is 0 Å². The molecule has 0 aliphatic heterocycles. The average Bonchev–Trinajstić information content (AvgIpc) is 2.52. The lowest BCUT2D eigenvalue weighted by molar-refractivity contribution is -0.136. The van der Waals surface area contributed by atoms with E-state index < -0.39 is 5.97 Å². The number of carboxylic acid groups (broad SMARTS) is 1. The number of fused-ring (bicyclic) bond motifs is 1. The van der Waals surface area contributed by atoms with Crippen molar-refractivity contribution >= 4 is 28.5 Å². The number of hydrogen-bond donors (Lipinski definition) is 1. The quantitative estimate of drug-likeness (QED) is 0.892. The molecule has 0 saturated carbocycles. The maximum absolute atomic E-state index is 10.7. The molecule has 2 rings (SSSR count). The molecule has 0 unspecified atom stereocenters. The van der Waals surface area contributed by atoms with E-state index in [1.165, 1.54) is 0 Å². The van der Waals surface area contributed by atoms with Crippen molar-refractivity contribution in [1.82, 2.24) is 4.57 Å². The normalized spacial score (nSPS) is 10.9. The summed E-state index contributed by atoms with van der Waals surface area (Å²) in [7, 11) is 0. The number of aryl methyl sites for hydroxylation is 1. The molecule has 0 bridgehead atoms. The zero-order chi connectivity index (χ0) is 11.7. The van der Waals surface area contributed by atoms with Crippen LogP contribution in [0.3, 0.4) is 0 Å². The van der Waals surface area contributed by atoms with Crippen molar-refractivity contribution in [2.24, 2.45) is 0 Å². The first-order valence-corrected chi connectivity index (χ1v) is 5.49. The number of hydrogen-bond acceptors (Lipinski definition) is 1. The first-order chi connectivity index (χ1) is 7.61. The Morgan fingerprint density at radius 3 is 2.81 bits per heavy atom. The van der Waals surface area contributed by atoms with Crippen LogP contribution in [0.2, 0.25) is 5.02 Å². The molecule has 0 atom stereocenters. The number of nitrogens with zero attached hydrogens (tertiary/aromatic N) is 1. The topological polar surface area (TPSA) is 42.2 Å². The van der Waals surface area contributed by atoms with Crippen LogP contribution in [0.15, 0.2) is 24.3 Å². The van der Waals surface area contributed by atoms with Crippen molar-refractivity contribution in [3.63, 3.8) is 0 Å². The molecular formula is C12H12ClNO2. The Balaban J connectivity index is 2.61. The van der Waals surface area contributed by atoms with Crippen molar-refractivity contribution in [2.45, 2.75) is 19.9 Å². The standard InChI is InChI=1S/C12H12ClNO2/c1-2-14-10(7-12(15)16)6-8-5-9(13)3-4-11(8)14/h3-6H,2,7H2,1H3,(H,15,16). The maximum Gasteiger partial charge on any atom is 0.309 e. The zero-order valence-corrected chi connectivity index (χ0v) is 9.66. The molecular weight excluding hydrogens is 226 g/mol. The van der Waals surface area contributed by atoms with Crippen molar-refractivity contribution < 1.29 is 9.90 Å². The average molecular weight is 238 g/mol. The Kier molecular flexibility index (Phi) is 2.88. The summed E-state index contributed by atoms with van der Waals surface area (Å²) in [5.41, 5.74) is 1.84.